The quantitative estimate of drug-likeness (QED) is 0.112. The summed E-state index contributed by atoms with van der Waals surface area (Å²) in [6.07, 6.45) is 12.5. The van der Waals surface area contributed by atoms with E-state index >= 15 is 0 Å². The van der Waals surface area contributed by atoms with Gasteiger partial charge in [-0.2, -0.15) is 0 Å². The first-order chi connectivity index (χ1) is 22.6. The van der Waals surface area contributed by atoms with E-state index in [0.29, 0.717) is 0 Å². The molecule has 5 aromatic carbocycles. The van der Waals surface area contributed by atoms with Crippen LogP contribution in [-0.2, 0) is 12.8 Å². The summed E-state index contributed by atoms with van der Waals surface area (Å²) in [6, 6.07) is 41.4. The summed E-state index contributed by atoms with van der Waals surface area (Å²) >= 11 is 0. The monoisotopic (exact) mass is 606 g/mol. The standard InChI is InChI=1S/C44H50N2/c1-5-7-9-11-15-35-17-13-19-38(30-35)45(39-20-14-18-36(31-39)16-12-10-8-6-2)40-26-28-44-42(32-40)41-29-34(4)23-27-43(41)46(44)37-24-21-33(3)22-25-37/h13-14,17-32H,5-12,15-16H2,1-4H3. The van der Waals surface area contributed by atoms with Gasteiger partial charge in [0, 0.05) is 33.5 Å². The van der Waals surface area contributed by atoms with E-state index in [9.17, 15) is 0 Å². The second-order valence-corrected chi connectivity index (χ2v) is 13.2. The molecule has 0 fully saturated rings. The first-order valence-corrected chi connectivity index (χ1v) is 17.7. The highest BCUT2D eigenvalue weighted by atomic mass is 15.1. The summed E-state index contributed by atoms with van der Waals surface area (Å²) in [4.78, 5) is 2.48. The summed E-state index contributed by atoms with van der Waals surface area (Å²) in [6.45, 7) is 8.92. The molecule has 1 aromatic heterocycles. The van der Waals surface area contributed by atoms with Crippen molar-refractivity contribution < 1.29 is 0 Å². The molecule has 1 heterocycles. The van der Waals surface area contributed by atoms with Gasteiger partial charge in [-0.15, -0.1) is 0 Å². The molecular weight excluding hydrogens is 556 g/mol. The molecule has 0 unspecified atom stereocenters. The number of benzene rings is 5. The van der Waals surface area contributed by atoms with Crippen LogP contribution in [0.1, 0.15) is 87.5 Å². The van der Waals surface area contributed by atoms with Crippen LogP contribution in [0.15, 0.2) is 109 Å². The normalized spacial score (nSPS) is 11.5. The molecular formula is C44H50N2. The summed E-state index contributed by atoms with van der Waals surface area (Å²) in [5.41, 5.74) is 12.7. The Labute approximate surface area is 276 Å². The summed E-state index contributed by atoms with van der Waals surface area (Å²) in [7, 11) is 0. The van der Waals surface area contributed by atoms with Crippen LogP contribution in [0.25, 0.3) is 27.5 Å². The Morgan fingerprint density at radius 2 is 1.00 bits per heavy atom. The third kappa shape index (κ3) is 7.07. The summed E-state index contributed by atoms with van der Waals surface area (Å²) in [5, 5.41) is 2.58. The third-order valence-corrected chi connectivity index (χ3v) is 9.43. The van der Waals surface area contributed by atoms with Crippen molar-refractivity contribution in [1.82, 2.24) is 4.57 Å². The van der Waals surface area contributed by atoms with Gasteiger partial charge in [0.05, 0.1) is 11.0 Å². The second-order valence-electron chi connectivity index (χ2n) is 13.2. The number of anilines is 3. The van der Waals surface area contributed by atoms with Crippen LogP contribution in [-0.4, -0.2) is 4.57 Å². The maximum absolute atomic E-state index is 2.48. The molecule has 6 rings (SSSR count). The van der Waals surface area contributed by atoms with Crippen molar-refractivity contribution in [2.24, 2.45) is 0 Å². The lowest BCUT2D eigenvalue weighted by molar-refractivity contribution is 0.667. The largest absolute Gasteiger partial charge is 0.310 e. The first-order valence-electron chi connectivity index (χ1n) is 17.7. The molecule has 0 aliphatic carbocycles. The van der Waals surface area contributed by atoms with Crippen LogP contribution in [0.2, 0.25) is 0 Å². The van der Waals surface area contributed by atoms with Gasteiger partial charge < -0.3 is 9.47 Å². The van der Waals surface area contributed by atoms with Crippen LogP contribution >= 0.6 is 0 Å². The van der Waals surface area contributed by atoms with E-state index in [1.54, 1.807) is 0 Å². The van der Waals surface area contributed by atoms with Crippen molar-refractivity contribution in [3.63, 3.8) is 0 Å². The molecule has 2 heteroatoms. The molecule has 236 valence electrons. The number of aryl methyl sites for hydroxylation is 4. The van der Waals surface area contributed by atoms with Gasteiger partial charge in [0.25, 0.3) is 0 Å². The van der Waals surface area contributed by atoms with E-state index in [0.717, 1.165) is 12.8 Å². The molecule has 0 saturated carbocycles. The Morgan fingerprint density at radius 3 is 1.59 bits per heavy atom. The fourth-order valence-electron chi connectivity index (χ4n) is 6.90. The SMILES string of the molecule is CCCCCCc1cccc(N(c2cccc(CCCCCC)c2)c2ccc3c(c2)c2cc(C)ccc2n3-c2ccc(C)cc2)c1. The molecule has 0 radical (unpaired) electrons. The highest BCUT2D eigenvalue weighted by Gasteiger charge is 2.18. The van der Waals surface area contributed by atoms with Crippen molar-refractivity contribution in [3.8, 4) is 5.69 Å². The number of hydrogen-bond donors (Lipinski definition) is 0. The van der Waals surface area contributed by atoms with Crippen LogP contribution < -0.4 is 4.90 Å². The predicted octanol–water partition coefficient (Wildman–Crippen LogP) is 13.1. The lowest BCUT2D eigenvalue weighted by atomic mass is 10.0. The molecule has 46 heavy (non-hydrogen) atoms. The van der Waals surface area contributed by atoms with Crippen molar-refractivity contribution in [1.29, 1.82) is 0 Å². The maximum Gasteiger partial charge on any atom is 0.0542 e. The number of unbranched alkanes of at least 4 members (excludes halogenated alkanes) is 6. The number of aromatic nitrogens is 1. The molecule has 0 bridgehead atoms. The van der Waals surface area contributed by atoms with E-state index in [1.165, 1.54) is 118 Å². The molecule has 0 amide bonds. The van der Waals surface area contributed by atoms with Gasteiger partial charge in [0.1, 0.15) is 0 Å². The molecule has 0 aliphatic heterocycles. The summed E-state index contributed by atoms with van der Waals surface area (Å²) in [5.74, 6) is 0. The highest BCUT2D eigenvalue weighted by Crippen LogP contribution is 2.40. The lowest BCUT2D eigenvalue weighted by Crippen LogP contribution is -2.11. The molecule has 0 spiro atoms. The Morgan fingerprint density at radius 1 is 0.478 bits per heavy atom. The van der Waals surface area contributed by atoms with Gasteiger partial charge in [0.2, 0.25) is 0 Å². The minimum absolute atomic E-state index is 1.13. The third-order valence-electron chi connectivity index (χ3n) is 9.43. The van der Waals surface area contributed by atoms with E-state index in [1.807, 2.05) is 0 Å². The van der Waals surface area contributed by atoms with Crippen molar-refractivity contribution >= 4 is 38.9 Å². The Hall–Kier alpha value is -4.30. The topological polar surface area (TPSA) is 8.17 Å². The van der Waals surface area contributed by atoms with E-state index in [-0.39, 0.29) is 0 Å². The van der Waals surface area contributed by atoms with E-state index in [2.05, 4.69) is 146 Å². The summed E-state index contributed by atoms with van der Waals surface area (Å²) < 4.78 is 2.42. The fraction of sp³-hybridized carbons (Fsp3) is 0.318. The average molecular weight is 607 g/mol. The van der Waals surface area contributed by atoms with Gasteiger partial charge in [-0.05, 0) is 117 Å². The van der Waals surface area contributed by atoms with Gasteiger partial charge in [0.15, 0.2) is 0 Å². The molecule has 0 atom stereocenters. The number of hydrogen-bond acceptors (Lipinski definition) is 1. The predicted molar refractivity (Wildman–Crippen MR) is 201 cm³/mol. The van der Waals surface area contributed by atoms with Crippen molar-refractivity contribution in [3.05, 3.63) is 131 Å². The zero-order chi connectivity index (χ0) is 31.9. The van der Waals surface area contributed by atoms with Crippen molar-refractivity contribution in [2.45, 2.75) is 91.9 Å². The van der Waals surface area contributed by atoms with Crippen LogP contribution in [0.4, 0.5) is 17.1 Å². The molecule has 2 nitrogen and oxygen atoms in total. The number of nitrogens with zero attached hydrogens (tertiary/aromatic N) is 2. The minimum Gasteiger partial charge on any atom is -0.310 e. The molecule has 0 N–H and O–H groups in total. The van der Waals surface area contributed by atoms with Gasteiger partial charge in [-0.25, -0.2) is 0 Å². The minimum atomic E-state index is 1.13. The van der Waals surface area contributed by atoms with Gasteiger partial charge in [-0.3, -0.25) is 0 Å². The number of rotatable bonds is 14. The Bertz CT molecular complexity index is 1840. The molecule has 0 aliphatic rings. The smallest absolute Gasteiger partial charge is 0.0542 e. The molecule has 6 aromatic rings. The van der Waals surface area contributed by atoms with Gasteiger partial charge >= 0.3 is 0 Å². The second kappa shape index (κ2) is 14.9. The van der Waals surface area contributed by atoms with Crippen LogP contribution in [0.5, 0.6) is 0 Å². The Balaban J connectivity index is 1.48. The number of fused-ring (bicyclic) bond motifs is 3. The maximum atomic E-state index is 2.48. The van der Waals surface area contributed by atoms with Gasteiger partial charge in [-0.1, -0.05) is 106 Å². The molecule has 0 saturated heterocycles. The first kappa shape index (κ1) is 31.7. The van der Waals surface area contributed by atoms with Crippen LogP contribution in [0.3, 0.4) is 0 Å². The fourth-order valence-corrected chi connectivity index (χ4v) is 6.90. The van der Waals surface area contributed by atoms with E-state index in [4.69, 9.17) is 0 Å². The highest BCUT2D eigenvalue weighted by molar-refractivity contribution is 6.11. The lowest BCUT2D eigenvalue weighted by Gasteiger charge is -2.27. The van der Waals surface area contributed by atoms with Crippen LogP contribution in [0, 0.1) is 13.8 Å². The van der Waals surface area contributed by atoms with E-state index < -0.39 is 0 Å². The Kier molecular flexibility index (Phi) is 10.2. The average Bonchev–Trinajstić information content (AvgIpc) is 3.39. The zero-order valence-corrected chi connectivity index (χ0v) is 28.4. The zero-order valence-electron chi connectivity index (χ0n) is 28.4. The van der Waals surface area contributed by atoms with Crippen molar-refractivity contribution in [2.75, 3.05) is 4.90 Å².